The van der Waals surface area contributed by atoms with Crippen molar-refractivity contribution in [2.75, 3.05) is 45.9 Å². The zero-order valence-electron chi connectivity index (χ0n) is 77.3. The van der Waals surface area contributed by atoms with E-state index in [-0.39, 0.29) is 72.3 Å². The van der Waals surface area contributed by atoms with Gasteiger partial charge in [0.25, 0.3) is 35.4 Å². The molecular weight excluding hydrogens is 2130 g/mol. The van der Waals surface area contributed by atoms with Crippen LogP contribution in [0.4, 0.5) is 28.8 Å². The van der Waals surface area contributed by atoms with Crippen LogP contribution in [0.3, 0.4) is 0 Å². The molecule has 14 N–H and O–H groups in total. The molecule has 816 valence electrons. The summed E-state index contributed by atoms with van der Waals surface area (Å²) in [6, 6.07) is -7.73. The number of hydrogen-bond acceptors (Lipinski definition) is 43. The van der Waals surface area contributed by atoms with Crippen molar-refractivity contribution < 1.29 is 195 Å². The van der Waals surface area contributed by atoms with Gasteiger partial charge in [0.1, 0.15) is 86.4 Å². The quantitative estimate of drug-likeness (QED) is 0.0101. The second-order valence-corrected chi connectivity index (χ2v) is 39.8. The molecule has 77 heteroatoms. The average Bonchev–Trinajstić information content (AvgIpc) is 1.65. The summed E-state index contributed by atoms with van der Waals surface area (Å²) in [5.41, 5.74) is 17.9. The van der Waals surface area contributed by atoms with Crippen LogP contribution in [0.5, 0.6) is 0 Å². The van der Waals surface area contributed by atoms with Crippen LogP contribution >= 0.6 is 0 Å². The fraction of sp³-hybridized carbons (Fsp3) is 0.577. The number of carbonyl (C=O) groups excluding carboxylic acids is 12. The second kappa shape index (κ2) is 48.0. The van der Waals surface area contributed by atoms with E-state index in [2.05, 4.69) is 104 Å². The van der Waals surface area contributed by atoms with Gasteiger partial charge in [-0.3, -0.25) is 94.8 Å². The van der Waals surface area contributed by atoms with Gasteiger partial charge in [-0.25, -0.2) is 71.6 Å². The maximum atomic E-state index is 12.3. The van der Waals surface area contributed by atoms with Crippen molar-refractivity contribution >= 4 is 140 Å². The largest absolute Gasteiger partial charge is 0.418 e. The lowest BCUT2D eigenvalue weighted by atomic mass is 10.0. The summed E-state index contributed by atoms with van der Waals surface area (Å²) in [6.07, 6.45) is 19.2. The summed E-state index contributed by atoms with van der Waals surface area (Å²) in [5.74, 6) is -3.17. The van der Waals surface area contributed by atoms with Crippen molar-refractivity contribution in [1.82, 2.24) is 137 Å². The van der Waals surface area contributed by atoms with E-state index < -0.39 is 213 Å². The van der Waals surface area contributed by atoms with Gasteiger partial charge in [-0.2, -0.15) is 80.9 Å². The molecule has 18 rings (SSSR count). The minimum Gasteiger partial charge on any atom is -0.364 e. The number of nitrogens with zero attached hydrogens (tertiary/aromatic N) is 20. The fourth-order valence-electron chi connectivity index (χ4n) is 17.1. The van der Waals surface area contributed by atoms with Crippen LogP contribution < -0.4 is 32.9 Å². The Labute approximate surface area is 836 Å². The lowest BCUT2D eigenvalue weighted by molar-refractivity contribution is -0.143. The third kappa shape index (κ3) is 29.9. The standard InChI is InChI=1S/2C13H18N4O7S.C12H17N5O7S.C11H16N6O7S.C11H15N5O7S.C11H14N4O8S/c1-15-6-2-3-10(15)8-23-14-12(18)11-5-4-9-7-16(11)13(19)17(9)24-25(20,21)22;18-12(15-23-6-4-9-3-5-14-7-9)11-2-1-10-8-16(11)13(19)17(10)24-25(20,21)22;1-7(9-4-13-6-14-9)23-15-11(18)10-3-2-8-5-16(10)12(19)17(8)24-25(20,21)22;1-15-4-7(12-14-15)6-23-13-10(18)9-3-2-8-5-16(9)11(19)17(8)24-25(20,21)22;17-10(14-22-5-7-3-12-6-13-7)9-2-1-8-4-15(9)11(18)16(8)23-24(19,20)21;16-10(13-22-6-7-3-4-21-12-7)9-2-1-8-5-14(9)11(17)15(8)23-24(18,19)20/h2-3,6,9,11H,4-5,7-8H2,1H3,(H,14,18)(H,20,21,22);5,7,10-11H,1-4,6,8H2,(H,15,18)(H,20,21,22);4,6-8,10H,2-3,5H2,1H3,(H,13,14)(H,15,18)(H,20,21,22);4,8-9H,2-3,5-6H2,1H3,(H,13,18)(H,20,21,22);3,6,8-9H,1-2,4-5H2,(H,12,13)(H,14,17)(H,19,20,21);3-4,8-9H,1-2,5-6H2,(H,13,16)(H,18,19,20)/t9-,11+;10-,11+;7?,8-,10+;3*8-,9+/m111111/s1. The van der Waals surface area contributed by atoms with Crippen molar-refractivity contribution in [3.05, 3.63) is 102 Å². The highest BCUT2D eigenvalue weighted by atomic mass is 32.3. The number of urea groups is 6. The predicted octanol–water partition coefficient (Wildman–Crippen LogP) is -4.57. The molecule has 0 radical (unpaired) electrons. The van der Waals surface area contributed by atoms with E-state index in [1.807, 2.05) is 29.9 Å². The van der Waals surface area contributed by atoms with Gasteiger partial charge in [0.15, 0.2) is 0 Å². The second-order valence-electron chi connectivity index (χ2n) is 33.8. The van der Waals surface area contributed by atoms with E-state index in [9.17, 15) is 108 Å². The highest BCUT2D eigenvalue weighted by Crippen LogP contribution is 2.38. The maximum absolute atomic E-state index is 12.3. The molecule has 13 atom stereocenters. The number of imidazole rings is 2. The van der Waals surface area contributed by atoms with Crippen LogP contribution in [0.25, 0.3) is 0 Å². The van der Waals surface area contributed by atoms with Crippen LogP contribution in [0.15, 0.2) is 83.2 Å². The van der Waals surface area contributed by atoms with Gasteiger partial charge >= 0.3 is 98.6 Å². The molecule has 13 aliphatic heterocycles. The molecule has 18 amide bonds. The van der Waals surface area contributed by atoms with Crippen LogP contribution in [0, 0.1) is 0 Å². The fourth-order valence-corrected chi connectivity index (χ4v) is 19.4. The first-order valence-corrected chi connectivity index (χ1v) is 52.1. The number of nitrogens with one attached hydrogen (secondary N) is 8. The minimum atomic E-state index is -4.82. The lowest BCUT2D eigenvalue weighted by Crippen LogP contribution is -2.49. The van der Waals surface area contributed by atoms with E-state index in [4.69, 9.17) is 56.3 Å². The number of carbonyl (C=O) groups is 12. The van der Waals surface area contributed by atoms with Crippen molar-refractivity contribution in [2.24, 2.45) is 19.1 Å². The number of hydroxylamine groups is 18. The molecule has 18 heterocycles. The van der Waals surface area contributed by atoms with Gasteiger partial charge in [-0.05, 0) is 108 Å². The number of piperidine rings is 6. The number of rotatable bonds is 37. The van der Waals surface area contributed by atoms with Gasteiger partial charge in [0.2, 0.25) is 0 Å². The molecule has 0 aliphatic carbocycles. The number of aromatic nitrogens is 9. The molecule has 71 nitrogen and oxygen atoms in total. The highest BCUT2D eigenvalue weighted by Gasteiger charge is 2.56. The van der Waals surface area contributed by atoms with Gasteiger partial charge in [0.05, 0.1) is 85.5 Å². The molecule has 1 unspecified atom stereocenters. The Morgan fingerprint density at radius 2 is 0.770 bits per heavy atom. The van der Waals surface area contributed by atoms with Crippen LogP contribution in [-0.2, 0) is 186 Å². The van der Waals surface area contributed by atoms with Gasteiger partial charge in [0, 0.05) is 90.2 Å². The Morgan fingerprint density at radius 1 is 0.432 bits per heavy atom. The molecule has 148 heavy (non-hydrogen) atoms. The minimum absolute atomic E-state index is 0.000857. The Kier molecular flexibility index (Phi) is 36.4. The van der Waals surface area contributed by atoms with E-state index in [0.717, 1.165) is 22.6 Å². The van der Waals surface area contributed by atoms with Gasteiger partial charge in [-0.15, -0.1) is 30.8 Å². The Morgan fingerprint density at radius 3 is 1.07 bits per heavy atom. The Bertz CT molecular complexity index is 6310. The maximum Gasteiger partial charge on any atom is 0.418 e. The molecule has 0 spiro atoms. The molecule has 12 saturated heterocycles. The molecule has 0 aromatic carbocycles. The Balaban J connectivity index is 0.000000148. The van der Waals surface area contributed by atoms with Crippen molar-refractivity contribution in [2.45, 2.75) is 202 Å². The van der Waals surface area contributed by atoms with Gasteiger partial charge < -0.3 is 48.5 Å². The van der Waals surface area contributed by atoms with E-state index in [1.54, 1.807) is 44.8 Å². The normalized spacial score (nSPS) is 23.9. The first-order valence-electron chi connectivity index (χ1n) is 44.0. The van der Waals surface area contributed by atoms with Crippen molar-refractivity contribution in [3.63, 3.8) is 0 Å². The van der Waals surface area contributed by atoms with Crippen molar-refractivity contribution in [1.29, 1.82) is 0 Å². The monoisotopic (exact) mass is 2220 g/mol. The number of aliphatic imine (C=N–C) groups is 1. The first kappa shape index (κ1) is 112. The molecule has 12 fully saturated rings. The topological polar surface area (TPSA) is 884 Å². The van der Waals surface area contributed by atoms with E-state index >= 15 is 0 Å². The number of aromatic amines is 2. The molecule has 13 aliphatic rings. The summed E-state index contributed by atoms with van der Waals surface area (Å²) < 4.78 is 216. The zero-order chi connectivity index (χ0) is 107. The smallest absolute Gasteiger partial charge is 0.364 e. The molecule has 5 aromatic rings. The average molecular weight is 2220 g/mol. The molecule has 5 aromatic heterocycles. The number of fused-ring (bicyclic) bond motifs is 12. The summed E-state index contributed by atoms with van der Waals surface area (Å²) in [6.45, 7) is 2.92. The SMILES string of the molecule is CC(ONC(=O)[C@@H]1CC[C@@H]2CN1C(=O)N2OS(=O)(=O)O)c1cnc[nH]1.Cn1cc(CONC(=O)[C@@H]2CC[C@@H]3CN2C(=O)N3OS(=O)(=O)O)nn1.Cn1cccc1CONC(=O)[C@@H]1CC[C@@H]2CN1C(=O)N2OS(=O)(=O)O.O=C(NOCCC1=CN=CC1)[C@@H]1CC[C@@H]2CN1C(=O)N2OS(=O)(=O)O.O=C(NOCc1ccon1)[C@@H]1CC[C@@H]2CN1C(=O)N2OS(=O)(=O)O.O=C(NOCc1cnc[nH]1)[C@@H]1CC[C@@H]2CN1C(=O)N2OS(=O)(=O)O. The number of aryl methyl sites for hydroxylation is 2. The van der Waals surface area contributed by atoms with Gasteiger partial charge in [-0.1, -0.05) is 10.4 Å². The number of H-pyrrole nitrogens is 2. The lowest BCUT2D eigenvalue weighted by Gasteiger charge is -2.29. The third-order valence-electron chi connectivity index (χ3n) is 23.8. The zero-order valence-corrected chi connectivity index (χ0v) is 82.2. The number of amides is 18. The molecular formula is C71H98N28O43S6. The summed E-state index contributed by atoms with van der Waals surface area (Å²) in [7, 11) is -25.4. The first-order chi connectivity index (χ1) is 69.8. The number of hydrogen-bond donors (Lipinski definition) is 14. The van der Waals surface area contributed by atoms with Crippen LogP contribution in [0.2, 0.25) is 0 Å². The Hall–Kier alpha value is -13.1. The predicted molar refractivity (Wildman–Crippen MR) is 470 cm³/mol. The third-order valence-corrected chi connectivity index (χ3v) is 25.9. The van der Waals surface area contributed by atoms with Crippen LogP contribution in [-0.4, -0.2) is 378 Å². The van der Waals surface area contributed by atoms with Crippen molar-refractivity contribution in [3.8, 4) is 0 Å². The molecule has 0 saturated carbocycles. The van der Waals surface area contributed by atoms with E-state index in [0.29, 0.717) is 137 Å². The summed E-state index contributed by atoms with van der Waals surface area (Å²) >= 11 is 0. The summed E-state index contributed by atoms with van der Waals surface area (Å²) in [4.78, 5) is 202. The van der Waals surface area contributed by atoms with E-state index in [1.165, 1.54) is 54.3 Å². The van der Waals surface area contributed by atoms with Crippen LogP contribution in [0.1, 0.15) is 131 Å². The summed E-state index contributed by atoms with van der Waals surface area (Å²) in [5, 5.41) is 14.6. The highest BCUT2D eigenvalue weighted by molar-refractivity contribution is 7.82. The molecule has 12 bridgehead atoms.